The molecule has 0 aliphatic rings. The van der Waals surface area contributed by atoms with Crippen LogP contribution in [0.3, 0.4) is 0 Å². The van der Waals surface area contributed by atoms with Crippen molar-refractivity contribution in [2.24, 2.45) is 0 Å². The topological polar surface area (TPSA) is 35.5 Å². The molecule has 23 heavy (non-hydrogen) atoms. The molecular formula is C20H26O3. The van der Waals surface area contributed by atoms with E-state index in [9.17, 15) is 4.79 Å². The van der Waals surface area contributed by atoms with E-state index in [4.69, 9.17) is 9.47 Å². The van der Waals surface area contributed by atoms with Gasteiger partial charge in [0.15, 0.2) is 5.78 Å². The average Bonchev–Trinajstić information content (AvgIpc) is 2.54. The molecule has 0 unspecified atom stereocenters. The summed E-state index contributed by atoms with van der Waals surface area (Å²) >= 11 is 0. The predicted octanol–water partition coefficient (Wildman–Crippen LogP) is 5.40. The van der Waals surface area contributed by atoms with Crippen molar-refractivity contribution in [1.29, 1.82) is 0 Å². The Kier molecular flexibility index (Phi) is 6.45. The lowest BCUT2D eigenvalue weighted by Crippen LogP contribution is -2.01. The monoisotopic (exact) mass is 314 g/mol. The van der Waals surface area contributed by atoms with Gasteiger partial charge in [-0.25, -0.2) is 0 Å². The highest BCUT2D eigenvalue weighted by Gasteiger charge is 2.09. The molecule has 0 heterocycles. The highest BCUT2D eigenvalue weighted by molar-refractivity contribution is 6.00. The Bertz CT molecular complexity index is 661. The Morgan fingerprint density at radius 1 is 0.957 bits per heavy atom. The fourth-order valence-corrected chi connectivity index (χ4v) is 2.39. The van der Waals surface area contributed by atoms with E-state index in [-0.39, 0.29) is 5.78 Å². The largest absolute Gasteiger partial charge is 0.493 e. The quantitative estimate of drug-likeness (QED) is 0.459. The summed E-state index contributed by atoms with van der Waals surface area (Å²) in [6.07, 6.45) is 4.24. The number of hydrogen-bond acceptors (Lipinski definition) is 3. The Hall–Kier alpha value is -2.03. The van der Waals surface area contributed by atoms with Crippen LogP contribution in [0.5, 0.6) is 11.5 Å². The summed E-state index contributed by atoms with van der Waals surface area (Å²) in [5.41, 5.74) is 0.711. The molecule has 124 valence electrons. The molecule has 0 fully saturated rings. The van der Waals surface area contributed by atoms with Gasteiger partial charge in [0.25, 0.3) is 0 Å². The van der Waals surface area contributed by atoms with Crippen molar-refractivity contribution in [1.82, 2.24) is 0 Å². The first kappa shape index (κ1) is 17.3. The second kappa shape index (κ2) is 8.56. The zero-order valence-electron chi connectivity index (χ0n) is 14.4. The molecule has 0 atom stereocenters. The third-order valence-corrected chi connectivity index (χ3v) is 3.82. The van der Waals surface area contributed by atoms with Crippen molar-refractivity contribution in [3.05, 3.63) is 35.9 Å². The van der Waals surface area contributed by atoms with E-state index < -0.39 is 0 Å². The van der Waals surface area contributed by atoms with Crippen LogP contribution in [0.2, 0.25) is 0 Å². The van der Waals surface area contributed by atoms with Crippen molar-refractivity contribution in [3.8, 4) is 11.5 Å². The first-order valence-corrected chi connectivity index (χ1v) is 8.50. The van der Waals surface area contributed by atoms with Crippen LogP contribution in [0, 0.1) is 0 Å². The number of carbonyl (C=O) groups is 1. The molecule has 0 saturated carbocycles. The van der Waals surface area contributed by atoms with E-state index in [0.717, 1.165) is 48.0 Å². The van der Waals surface area contributed by atoms with Crippen LogP contribution >= 0.6 is 0 Å². The molecule has 2 aromatic carbocycles. The maximum Gasteiger partial charge on any atom is 0.159 e. The van der Waals surface area contributed by atoms with Gasteiger partial charge < -0.3 is 9.47 Å². The molecule has 3 nitrogen and oxygen atoms in total. The van der Waals surface area contributed by atoms with Gasteiger partial charge in [-0.3, -0.25) is 4.79 Å². The van der Waals surface area contributed by atoms with Crippen LogP contribution in [0.25, 0.3) is 10.8 Å². The van der Waals surface area contributed by atoms with Gasteiger partial charge in [-0.2, -0.15) is 0 Å². The lowest BCUT2D eigenvalue weighted by atomic mass is 10.0. The molecule has 2 aromatic rings. The lowest BCUT2D eigenvalue weighted by Gasteiger charge is -2.13. The number of ketones is 1. The number of Topliss-reactive ketones (excluding diaryl/α,β-unsaturated/α-hetero) is 1. The summed E-state index contributed by atoms with van der Waals surface area (Å²) in [6.45, 7) is 7.26. The summed E-state index contributed by atoms with van der Waals surface area (Å²) in [7, 11) is 0. The van der Waals surface area contributed by atoms with Crippen LogP contribution in [0.4, 0.5) is 0 Å². The molecule has 0 aromatic heterocycles. The van der Waals surface area contributed by atoms with Crippen LogP contribution < -0.4 is 9.47 Å². The number of ether oxygens (including phenoxy) is 2. The van der Waals surface area contributed by atoms with Crippen molar-refractivity contribution in [3.63, 3.8) is 0 Å². The van der Waals surface area contributed by atoms with Crippen molar-refractivity contribution in [2.45, 2.75) is 46.5 Å². The fraction of sp³-hybridized carbons (Fsp3) is 0.450. The average molecular weight is 314 g/mol. The summed E-state index contributed by atoms with van der Waals surface area (Å²) in [5, 5.41) is 2.01. The summed E-state index contributed by atoms with van der Waals surface area (Å²) in [6, 6.07) is 9.68. The second-order valence-electron chi connectivity index (χ2n) is 5.82. The van der Waals surface area contributed by atoms with E-state index in [2.05, 4.69) is 13.8 Å². The molecule has 3 heteroatoms. The number of benzene rings is 2. The van der Waals surface area contributed by atoms with Gasteiger partial charge in [0, 0.05) is 17.0 Å². The molecule has 2 rings (SSSR count). The standard InChI is InChI=1S/C20H26O3/c1-4-6-10-22-18-13-17-12-16(15(3)21)8-9-19(17)20(14-18)23-11-7-5-2/h8-9,12-14H,4-7,10-11H2,1-3H3. The lowest BCUT2D eigenvalue weighted by molar-refractivity contribution is 0.101. The molecule has 0 radical (unpaired) electrons. The third kappa shape index (κ3) is 4.72. The van der Waals surface area contributed by atoms with Gasteiger partial charge in [0.1, 0.15) is 11.5 Å². The van der Waals surface area contributed by atoms with E-state index in [0.29, 0.717) is 18.8 Å². The predicted molar refractivity (Wildman–Crippen MR) is 94.8 cm³/mol. The Morgan fingerprint density at radius 2 is 1.65 bits per heavy atom. The maximum absolute atomic E-state index is 11.6. The number of hydrogen-bond donors (Lipinski definition) is 0. The third-order valence-electron chi connectivity index (χ3n) is 3.82. The van der Waals surface area contributed by atoms with Crippen molar-refractivity contribution >= 4 is 16.6 Å². The maximum atomic E-state index is 11.6. The Balaban J connectivity index is 2.36. The second-order valence-corrected chi connectivity index (χ2v) is 5.82. The molecule has 0 N–H and O–H groups in total. The summed E-state index contributed by atoms with van der Waals surface area (Å²) in [4.78, 5) is 11.6. The van der Waals surface area contributed by atoms with E-state index in [1.165, 1.54) is 0 Å². The molecule has 0 saturated heterocycles. The Labute approximate surface area is 138 Å². The van der Waals surface area contributed by atoms with Crippen molar-refractivity contribution < 1.29 is 14.3 Å². The van der Waals surface area contributed by atoms with Gasteiger partial charge in [-0.15, -0.1) is 0 Å². The molecule has 0 aliphatic carbocycles. The van der Waals surface area contributed by atoms with E-state index in [1.807, 2.05) is 30.3 Å². The van der Waals surface area contributed by atoms with Crippen molar-refractivity contribution in [2.75, 3.05) is 13.2 Å². The van der Waals surface area contributed by atoms with Crippen LogP contribution in [-0.4, -0.2) is 19.0 Å². The van der Waals surface area contributed by atoms with Crippen LogP contribution in [-0.2, 0) is 0 Å². The van der Waals surface area contributed by atoms with Gasteiger partial charge in [0.05, 0.1) is 13.2 Å². The van der Waals surface area contributed by atoms with Gasteiger partial charge in [0.2, 0.25) is 0 Å². The summed E-state index contributed by atoms with van der Waals surface area (Å²) in [5.74, 6) is 1.70. The number of fused-ring (bicyclic) bond motifs is 1. The smallest absolute Gasteiger partial charge is 0.159 e. The van der Waals surface area contributed by atoms with Gasteiger partial charge >= 0.3 is 0 Å². The van der Waals surface area contributed by atoms with Crippen LogP contribution in [0.1, 0.15) is 56.8 Å². The number of unbranched alkanes of at least 4 members (excludes halogenated alkanes) is 2. The van der Waals surface area contributed by atoms with Gasteiger partial charge in [-0.05, 0) is 43.4 Å². The Morgan fingerprint density at radius 3 is 2.30 bits per heavy atom. The minimum atomic E-state index is 0.0673. The zero-order chi connectivity index (χ0) is 16.7. The molecule has 0 spiro atoms. The highest BCUT2D eigenvalue weighted by atomic mass is 16.5. The SMILES string of the molecule is CCCCOc1cc(OCCCC)c2ccc(C(C)=O)cc2c1. The molecular weight excluding hydrogens is 288 g/mol. The first-order valence-electron chi connectivity index (χ1n) is 8.50. The molecule has 0 aliphatic heterocycles. The zero-order valence-corrected chi connectivity index (χ0v) is 14.4. The number of carbonyl (C=O) groups excluding carboxylic acids is 1. The van der Waals surface area contributed by atoms with Gasteiger partial charge in [-0.1, -0.05) is 32.8 Å². The number of rotatable bonds is 9. The highest BCUT2D eigenvalue weighted by Crippen LogP contribution is 2.32. The van der Waals surface area contributed by atoms with E-state index in [1.54, 1.807) is 6.92 Å². The van der Waals surface area contributed by atoms with E-state index >= 15 is 0 Å². The molecule has 0 bridgehead atoms. The summed E-state index contributed by atoms with van der Waals surface area (Å²) < 4.78 is 11.8. The van der Waals surface area contributed by atoms with Crippen LogP contribution in [0.15, 0.2) is 30.3 Å². The minimum Gasteiger partial charge on any atom is -0.493 e. The minimum absolute atomic E-state index is 0.0673. The fourth-order valence-electron chi connectivity index (χ4n) is 2.39. The first-order chi connectivity index (χ1) is 11.2. The molecule has 0 amide bonds. The normalized spacial score (nSPS) is 10.7.